The van der Waals surface area contributed by atoms with E-state index in [1.807, 2.05) is 32.0 Å². The lowest BCUT2D eigenvalue weighted by Gasteiger charge is -2.11. The zero-order valence-corrected chi connectivity index (χ0v) is 15.5. The topological polar surface area (TPSA) is 59.3 Å². The van der Waals surface area contributed by atoms with Crippen LogP contribution in [0.2, 0.25) is 0 Å². The molecule has 0 spiro atoms. The molecule has 0 aliphatic carbocycles. The molecular weight excluding hydrogens is 324 g/mol. The minimum atomic E-state index is -0.0580. The lowest BCUT2D eigenvalue weighted by molar-refractivity contribution is 0.724. The number of para-hydroxylation sites is 1. The van der Waals surface area contributed by atoms with E-state index in [1.165, 1.54) is 5.56 Å². The van der Waals surface area contributed by atoms with Gasteiger partial charge in [-0.1, -0.05) is 49.7 Å². The van der Waals surface area contributed by atoms with Crippen molar-refractivity contribution in [1.29, 1.82) is 0 Å². The van der Waals surface area contributed by atoms with Gasteiger partial charge in [0.25, 0.3) is 5.56 Å². The number of hydrazone groups is 1. The van der Waals surface area contributed by atoms with Gasteiger partial charge in [-0.15, -0.1) is 0 Å². The molecule has 3 rings (SSSR count). The molecule has 1 N–H and O–H groups in total. The second-order valence-corrected chi connectivity index (χ2v) is 6.26. The third-order valence-electron chi connectivity index (χ3n) is 4.41. The molecule has 0 saturated heterocycles. The first-order chi connectivity index (χ1) is 12.6. The van der Waals surface area contributed by atoms with Crippen molar-refractivity contribution in [3.63, 3.8) is 0 Å². The Bertz CT molecular complexity index is 987. The maximum atomic E-state index is 12.6. The zero-order valence-electron chi connectivity index (χ0n) is 15.5. The van der Waals surface area contributed by atoms with Crippen LogP contribution in [0.5, 0.6) is 0 Å². The molecule has 0 atom stereocenters. The highest BCUT2D eigenvalue weighted by Gasteiger charge is 2.09. The van der Waals surface area contributed by atoms with Gasteiger partial charge in [-0.05, 0) is 43.5 Å². The monoisotopic (exact) mass is 348 g/mol. The minimum Gasteiger partial charge on any atom is -0.277 e. The van der Waals surface area contributed by atoms with Crippen molar-refractivity contribution < 1.29 is 0 Å². The lowest BCUT2D eigenvalue weighted by Crippen LogP contribution is -2.23. The van der Waals surface area contributed by atoms with E-state index in [-0.39, 0.29) is 5.56 Å². The molecule has 2 aromatic carbocycles. The maximum absolute atomic E-state index is 12.6. The number of anilines is 1. The highest BCUT2D eigenvalue weighted by Crippen LogP contribution is 2.12. The fourth-order valence-electron chi connectivity index (χ4n) is 2.95. The van der Waals surface area contributed by atoms with Crippen LogP contribution in [0.3, 0.4) is 0 Å². The van der Waals surface area contributed by atoms with E-state index in [4.69, 9.17) is 0 Å². The van der Waals surface area contributed by atoms with Gasteiger partial charge >= 0.3 is 0 Å². The van der Waals surface area contributed by atoms with Crippen molar-refractivity contribution in [1.82, 2.24) is 9.55 Å². The number of fused-ring (bicyclic) bond motifs is 1. The van der Waals surface area contributed by atoms with Crippen molar-refractivity contribution in [3.05, 3.63) is 70.0 Å². The van der Waals surface area contributed by atoms with E-state index in [0.29, 0.717) is 23.4 Å². The molecule has 0 amide bonds. The summed E-state index contributed by atoms with van der Waals surface area (Å²) < 4.78 is 1.60. The number of rotatable bonds is 6. The number of nitrogens with zero attached hydrogens (tertiary/aromatic N) is 3. The molecule has 134 valence electrons. The van der Waals surface area contributed by atoms with Crippen LogP contribution in [0.4, 0.5) is 5.95 Å². The molecule has 26 heavy (non-hydrogen) atoms. The average Bonchev–Trinajstić information content (AvgIpc) is 2.67. The predicted octanol–water partition coefficient (Wildman–Crippen LogP) is 4.21. The molecule has 0 unspecified atom stereocenters. The molecule has 0 fully saturated rings. The lowest BCUT2D eigenvalue weighted by atomic mass is 10.1. The summed E-state index contributed by atoms with van der Waals surface area (Å²) in [5, 5.41) is 5.06. The molecule has 0 saturated carbocycles. The van der Waals surface area contributed by atoms with Gasteiger partial charge in [0.15, 0.2) is 0 Å². The molecule has 0 aliphatic heterocycles. The van der Waals surface area contributed by atoms with Gasteiger partial charge in [0, 0.05) is 6.54 Å². The van der Waals surface area contributed by atoms with Crippen molar-refractivity contribution in [2.24, 2.45) is 5.10 Å². The second-order valence-electron chi connectivity index (χ2n) is 6.26. The van der Waals surface area contributed by atoms with E-state index < -0.39 is 0 Å². The van der Waals surface area contributed by atoms with Crippen LogP contribution in [-0.4, -0.2) is 15.3 Å². The van der Waals surface area contributed by atoms with Crippen molar-refractivity contribution in [3.8, 4) is 0 Å². The van der Waals surface area contributed by atoms with Crippen LogP contribution >= 0.6 is 0 Å². The Morgan fingerprint density at radius 2 is 1.85 bits per heavy atom. The third-order valence-corrected chi connectivity index (χ3v) is 4.41. The average molecular weight is 348 g/mol. The van der Waals surface area contributed by atoms with E-state index in [9.17, 15) is 4.79 Å². The van der Waals surface area contributed by atoms with Crippen molar-refractivity contribution >= 4 is 22.6 Å². The van der Waals surface area contributed by atoms with Gasteiger partial charge in [-0.25, -0.2) is 10.4 Å². The summed E-state index contributed by atoms with van der Waals surface area (Å²) in [6.45, 7) is 6.57. The van der Waals surface area contributed by atoms with Crippen LogP contribution in [-0.2, 0) is 13.0 Å². The number of nitrogens with one attached hydrogen (secondary N) is 1. The Kier molecular flexibility index (Phi) is 5.46. The summed E-state index contributed by atoms with van der Waals surface area (Å²) in [7, 11) is 0. The van der Waals surface area contributed by atoms with Gasteiger partial charge in [0.2, 0.25) is 5.95 Å². The fraction of sp³-hybridized carbons (Fsp3) is 0.286. The number of benzene rings is 2. The quantitative estimate of drug-likeness (QED) is 0.536. The molecule has 0 radical (unpaired) electrons. The molecule has 5 heteroatoms. The Morgan fingerprint density at radius 3 is 2.54 bits per heavy atom. The van der Waals surface area contributed by atoms with E-state index in [0.717, 1.165) is 24.1 Å². The SMILES string of the molecule is CCCc1ccc(/C(C)=N\Nc2nc3ccccc3c(=O)n2CC)cc1. The fourth-order valence-corrected chi connectivity index (χ4v) is 2.95. The molecule has 1 heterocycles. The van der Waals surface area contributed by atoms with Crippen LogP contribution in [0.15, 0.2) is 58.4 Å². The maximum Gasteiger partial charge on any atom is 0.262 e. The first-order valence-electron chi connectivity index (χ1n) is 9.03. The summed E-state index contributed by atoms with van der Waals surface area (Å²) in [5.41, 5.74) is 6.80. The highest BCUT2D eigenvalue weighted by molar-refractivity contribution is 5.99. The highest BCUT2D eigenvalue weighted by atomic mass is 16.1. The van der Waals surface area contributed by atoms with Crippen LogP contribution in [0.1, 0.15) is 38.3 Å². The number of hydrogen-bond acceptors (Lipinski definition) is 4. The number of hydrogen-bond donors (Lipinski definition) is 1. The predicted molar refractivity (Wildman–Crippen MR) is 108 cm³/mol. The molecule has 0 bridgehead atoms. The summed E-state index contributed by atoms with van der Waals surface area (Å²) in [5.74, 6) is 0.457. The summed E-state index contributed by atoms with van der Waals surface area (Å²) in [4.78, 5) is 17.2. The Morgan fingerprint density at radius 1 is 1.12 bits per heavy atom. The van der Waals surface area contributed by atoms with Crippen LogP contribution in [0.25, 0.3) is 10.9 Å². The molecule has 5 nitrogen and oxygen atoms in total. The van der Waals surface area contributed by atoms with Gasteiger partial charge in [-0.3, -0.25) is 9.36 Å². The summed E-state index contributed by atoms with van der Waals surface area (Å²) in [6, 6.07) is 15.8. The van der Waals surface area contributed by atoms with Gasteiger partial charge in [-0.2, -0.15) is 5.10 Å². The Labute approximate surface area is 153 Å². The smallest absolute Gasteiger partial charge is 0.262 e. The van der Waals surface area contributed by atoms with Crippen LogP contribution in [0, 0.1) is 0 Å². The Balaban J connectivity index is 1.90. The largest absolute Gasteiger partial charge is 0.277 e. The van der Waals surface area contributed by atoms with Gasteiger partial charge in [0.05, 0.1) is 16.6 Å². The number of aryl methyl sites for hydroxylation is 1. The van der Waals surface area contributed by atoms with E-state index >= 15 is 0 Å². The summed E-state index contributed by atoms with van der Waals surface area (Å²) >= 11 is 0. The van der Waals surface area contributed by atoms with Crippen molar-refractivity contribution in [2.45, 2.75) is 40.2 Å². The zero-order chi connectivity index (χ0) is 18.5. The first-order valence-corrected chi connectivity index (χ1v) is 9.03. The number of aromatic nitrogens is 2. The first kappa shape index (κ1) is 17.9. The summed E-state index contributed by atoms with van der Waals surface area (Å²) in [6.07, 6.45) is 2.22. The molecule has 0 aliphatic rings. The van der Waals surface area contributed by atoms with E-state index in [2.05, 4.69) is 46.7 Å². The van der Waals surface area contributed by atoms with Crippen LogP contribution < -0.4 is 11.0 Å². The van der Waals surface area contributed by atoms with Gasteiger partial charge in [0.1, 0.15) is 0 Å². The molecular formula is C21H24N4O. The molecule has 3 aromatic rings. The molecule has 1 aromatic heterocycles. The van der Waals surface area contributed by atoms with Gasteiger partial charge < -0.3 is 0 Å². The normalized spacial score (nSPS) is 11.7. The standard InChI is InChI=1S/C21H24N4O/c1-4-8-16-11-13-17(14-12-16)15(3)23-24-21-22-19-10-7-6-9-18(19)20(26)25(21)5-2/h6-7,9-14H,4-5,8H2,1-3H3,(H,22,24)/b23-15-. The Hall–Kier alpha value is -2.95. The third kappa shape index (κ3) is 3.67. The van der Waals surface area contributed by atoms with Crippen molar-refractivity contribution in [2.75, 3.05) is 5.43 Å². The van der Waals surface area contributed by atoms with E-state index in [1.54, 1.807) is 10.6 Å². The minimum absolute atomic E-state index is 0.0580. The second kappa shape index (κ2) is 7.95.